The highest BCUT2D eigenvalue weighted by Crippen LogP contribution is 2.17. The topological polar surface area (TPSA) is 47.6 Å². The number of anilines is 1. The molecule has 0 spiro atoms. The molecule has 0 aromatic heterocycles. The van der Waals surface area contributed by atoms with Crippen molar-refractivity contribution in [1.29, 1.82) is 0 Å². The first kappa shape index (κ1) is 17.3. The van der Waals surface area contributed by atoms with E-state index in [1.54, 1.807) is 0 Å². The summed E-state index contributed by atoms with van der Waals surface area (Å²) in [7, 11) is 0. The van der Waals surface area contributed by atoms with Crippen LogP contribution in [0.2, 0.25) is 0 Å². The predicted octanol–water partition coefficient (Wildman–Crippen LogP) is 4.99. The van der Waals surface area contributed by atoms with Gasteiger partial charge in [0.2, 0.25) is 0 Å². The van der Waals surface area contributed by atoms with Crippen LogP contribution in [0, 0.1) is 0 Å². The Bertz CT molecular complexity index is 421. The summed E-state index contributed by atoms with van der Waals surface area (Å²) in [6.45, 7) is 8.43. The molecule has 1 amide bonds. The molecule has 4 heteroatoms. The fraction of sp³-hybridized carbons (Fsp3) is 0.588. The van der Waals surface area contributed by atoms with Gasteiger partial charge in [-0.2, -0.15) is 0 Å². The summed E-state index contributed by atoms with van der Waals surface area (Å²) in [5, 5.41) is 2.69. The van der Waals surface area contributed by atoms with Crippen molar-refractivity contribution in [3.63, 3.8) is 0 Å². The molecule has 0 heterocycles. The number of carbonyl (C=O) groups excluding carboxylic acids is 1. The standard InChI is InChI=1S/C17H27NO3/c1-5-6-7-8-13-20-15-11-9-14(10-12-15)18-16(19)21-17(2,3)4/h9-12H,5-8,13H2,1-4H3,(H,18,19). The first-order valence-electron chi connectivity index (χ1n) is 7.63. The lowest BCUT2D eigenvalue weighted by atomic mass is 10.2. The van der Waals surface area contributed by atoms with Crippen LogP contribution in [0.5, 0.6) is 5.75 Å². The third-order valence-electron chi connectivity index (χ3n) is 2.77. The summed E-state index contributed by atoms with van der Waals surface area (Å²) < 4.78 is 10.8. The minimum absolute atomic E-state index is 0.448. The summed E-state index contributed by atoms with van der Waals surface area (Å²) in [4.78, 5) is 11.6. The molecular formula is C17H27NO3. The van der Waals surface area contributed by atoms with E-state index < -0.39 is 11.7 Å². The summed E-state index contributed by atoms with van der Waals surface area (Å²) in [5.41, 5.74) is 0.202. The number of ether oxygens (including phenoxy) is 2. The molecule has 0 aliphatic rings. The molecule has 0 saturated carbocycles. The molecular weight excluding hydrogens is 266 g/mol. The molecule has 0 radical (unpaired) electrons. The first-order valence-corrected chi connectivity index (χ1v) is 7.63. The summed E-state index contributed by atoms with van der Waals surface area (Å²) in [6, 6.07) is 7.33. The Morgan fingerprint density at radius 2 is 1.76 bits per heavy atom. The van der Waals surface area contributed by atoms with Gasteiger partial charge in [-0.05, 0) is 51.5 Å². The van der Waals surface area contributed by atoms with E-state index in [-0.39, 0.29) is 0 Å². The number of rotatable bonds is 7. The second-order valence-electron chi connectivity index (χ2n) is 6.06. The highest BCUT2D eigenvalue weighted by Gasteiger charge is 2.16. The van der Waals surface area contributed by atoms with E-state index in [0.29, 0.717) is 5.69 Å². The van der Waals surface area contributed by atoms with E-state index in [0.717, 1.165) is 18.8 Å². The van der Waals surface area contributed by atoms with E-state index in [1.807, 2.05) is 45.0 Å². The lowest BCUT2D eigenvalue weighted by molar-refractivity contribution is 0.0636. The molecule has 1 N–H and O–H groups in total. The van der Waals surface area contributed by atoms with Crippen LogP contribution in [0.4, 0.5) is 10.5 Å². The van der Waals surface area contributed by atoms with Crippen molar-refractivity contribution in [3.05, 3.63) is 24.3 Å². The van der Waals surface area contributed by atoms with Crippen molar-refractivity contribution in [1.82, 2.24) is 0 Å². The van der Waals surface area contributed by atoms with Crippen LogP contribution in [0.25, 0.3) is 0 Å². The number of amides is 1. The molecule has 1 aromatic rings. The third kappa shape index (κ3) is 8.23. The van der Waals surface area contributed by atoms with Crippen molar-refractivity contribution in [2.24, 2.45) is 0 Å². The number of unbranched alkanes of at least 4 members (excludes halogenated alkanes) is 3. The van der Waals surface area contributed by atoms with E-state index in [9.17, 15) is 4.79 Å². The van der Waals surface area contributed by atoms with Gasteiger partial charge in [0.1, 0.15) is 11.4 Å². The minimum atomic E-state index is -0.494. The first-order chi connectivity index (χ1) is 9.90. The van der Waals surface area contributed by atoms with Gasteiger partial charge in [0.05, 0.1) is 6.61 Å². The van der Waals surface area contributed by atoms with Gasteiger partial charge in [-0.15, -0.1) is 0 Å². The summed E-state index contributed by atoms with van der Waals surface area (Å²) >= 11 is 0. The maximum atomic E-state index is 11.6. The SMILES string of the molecule is CCCCCCOc1ccc(NC(=O)OC(C)(C)C)cc1. The zero-order valence-corrected chi connectivity index (χ0v) is 13.6. The Morgan fingerprint density at radius 1 is 1.10 bits per heavy atom. The lowest BCUT2D eigenvalue weighted by Gasteiger charge is -2.19. The van der Waals surface area contributed by atoms with E-state index in [1.165, 1.54) is 19.3 Å². The molecule has 118 valence electrons. The van der Waals surface area contributed by atoms with Crippen LogP contribution in [-0.2, 0) is 4.74 Å². The smallest absolute Gasteiger partial charge is 0.412 e. The van der Waals surface area contributed by atoms with Crippen LogP contribution in [-0.4, -0.2) is 18.3 Å². The molecule has 0 aliphatic heterocycles. The van der Waals surface area contributed by atoms with Crippen LogP contribution in [0.3, 0.4) is 0 Å². The van der Waals surface area contributed by atoms with Crippen molar-refractivity contribution in [2.45, 2.75) is 59.0 Å². The second-order valence-corrected chi connectivity index (χ2v) is 6.06. The molecule has 4 nitrogen and oxygen atoms in total. The van der Waals surface area contributed by atoms with Gasteiger partial charge >= 0.3 is 6.09 Å². The Hall–Kier alpha value is -1.71. The molecule has 0 saturated heterocycles. The van der Waals surface area contributed by atoms with Crippen molar-refractivity contribution in [2.75, 3.05) is 11.9 Å². The van der Waals surface area contributed by atoms with Gasteiger partial charge in [0, 0.05) is 5.69 Å². The summed E-state index contributed by atoms with van der Waals surface area (Å²) in [6.07, 6.45) is 4.31. The monoisotopic (exact) mass is 293 g/mol. The maximum Gasteiger partial charge on any atom is 0.412 e. The molecule has 0 bridgehead atoms. The van der Waals surface area contributed by atoms with Crippen LogP contribution >= 0.6 is 0 Å². The van der Waals surface area contributed by atoms with Crippen LogP contribution < -0.4 is 10.1 Å². The van der Waals surface area contributed by atoms with Gasteiger partial charge in [0.25, 0.3) is 0 Å². The fourth-order valence-corrected chi connectivity index (χ4v) is 1.77. The lowest BCUT2D eigenvalue weighted by Crippen LogP contribution is -2.27. The predicted molar refractivity (Wildman–Crippen MR) is 85.9 cm³/mol. The molecule has 0 fully saturated rings. The van der Waals surface area contributed by atoms with Crippen molar-refractivity contribution >= 4 is 11.8 Å². The zero-order chi connectivity index (χ0) is 15.7. The number of benzene rings is 1. The van der Waals surface area contributed by atoms with E-state index in [2.05, 4.69) is 12.2 Å². The Kier molecular flexibility index (Phi) is 7.06. The fourth-order valence-electron chi connectivity index (χ4n) is 1.77. The molecule has 0 unspecified atom stereocenters. The van der Waals surface area contributed by atoms with Crippen molar-refractivity contribution < 1.29 is 14.3 Å². The van der Waals surface area contributed by atoms with Gasteiger partial charge in [-0.1, -0.05) is 26.2 Å². The van der Waals surface area contributed by atoms with E-state index in [4.69, 9.17) is 9.47 Å². The van der Waals surface area contributed by atoms with Crippen LogP contribution in [0.15, 0.2) is 24.3 Å². The number of hydrogen-bond acceptors (Lipinski definition) is 3. The molecule has 0 atom stereocenters. The van der Waals surface area contributed by atoms with E-state index >= 15 is 0 Å². The zero-order valence-electron chi connectivity index (χ0n) is 13.6. The van der Waals surface area contributed by atoms with Crippen molar-refractivity contribution in [3.8, 4) is 5.75 Å². The van der Waals surface area contributed by atoms with Gasteiger partial charge in [-0.25, -0.2) is 4.79 Å². The number of hydrogen-bond donors (Lipinski definition) is 1. The van der Waals surface area contributed by atoms with Gasteiger partial charge < -0.3 is 9.47 Å². The van der Waals surface area contributed by atoms with Gasteiger partial charge in [0.15, 0.2) is 0 Å². The Morgan fingerprint density at radius 3 is 2.33 bits per heavy atom. The van der Waals surface area contributed by atoms with Gasteiger partial charge in [-0.3, -0.25) is 5.32 Å². The molecule has 21 heavy (non-hydrogen) atoms. The molecule has 1 rings (SSSR count). The minimum Gasteiger partial charge on any atom is -0.494 e. The number of nitrogens with one attached hydrogen (secondary N) is 1. The highest BCUT2D eigenvalue weighted by atomic mass is 16.6. The largest absolute Gasteiger partial charge is 0.494 e. The second kappa shape index (κ2) is 8.55. The quantitative estimate of drug-likeness (QED) is 0.720. The average Bonchev–Trinajstić information content (AvgIpc) is 2.38. The third-order valence-corrected chi connectivity index (χ3v) is 2.77. The number of carbonyl (C=O) groups is 1. The highest BCUT2D eigenvalue weighted by molar-refractivity contribution is 5.84. The molecule has 0 aliphatic carbocycles. The Balaban J connectivity index is 2.35. The normalized spacial score (nSPS) is 11.0. The van der Waals surface area contributed by atoms with Crippen LogP contribution in [0.1, 0.15) is 53.4 Å². The Labute approximate surface area is 127 Å². The average molecular weight is 293 g/mol. The molecule has 1 aromatic carbocycles. The maximum absolute atomic E-state index is 11.6. The summed E-state index contributed by atoms with van der Waals surface area (Å²) in [5.74, 6) is 0.821.